The van der Waals surface area contributed by atoms with Gasteiger partial charge in [0, 0.05) is 37.3 Å². The van der Waals surface area contributed by atoms with Crippen molar-refractivity contribution in [2.45, 2.75) is 12.6 Å². The van der Waals surface area contributed by atoms with Gasteiger partial charge in [-0.2, -0.15) is 0 Å². The van der Waals surface area contributed by atoms with Crippen LogP contribution in [0.25, 0.3) is 0 Å². The van der Waals surface area contributed by atoms with E-state index in [1.165, 1.54) is 4.88 Å². The summed E-state index contributed by atoms with van der Waals surface area (Å²) in [5.41, 5.74) is 1.86. The van der Waals surface area contributed by atoms with Gasteiger partial charge in [0.2, 0.25) is 0 Å². The minimum Gasteiger partial charge on any atom is -0.374 e. The Kier molecular flexibility index (Phi) is 4.08. The normalized spacial score (nSPS) is 23.1. The third-order valence-electron chi connectivity index (χ3n) is 2.50. The highest BCUT2D eigenvalue weighted by Crippen LogP contribution is 2.05. The number of nitrogens with zero attached hydrogens (tertiary/aromatic N) is 2. The number of ether oxygens (including phenoxy) is 1. The highest BCUT2D eigenvalue weighted by atomic mass is 32.1. The monoisotopic (exact) mass is 227 g/mol. The molecule has 4 nitrogen and oxygen atoms in total. The largest absolute Gasteiger partial charge is 0.374 e. The van der Waals surface area contributed by atoms with Crippen molar-refractivity contribution < 1.29 is 4.74 Å². The van der Waals surface area contributed by atoms with Crippen LogP contribution in [0.15, 0.2) is 11.7 Å². The van der Waals surface area contributed by atoms with E-state index < -0.39 is 0 Å². The van der Waals surface area contributed by atoms with Gasteiger partial charge in [-0.3, -0.25) is 4.98 Å². The zero-order chi connectivity index (χ0) is 10.5. The van der Waals surface area contributed by atoms with Crippen molar-refractivity contribution in [1.29, 1.82) is 0 Å². The minimum atomic E-state index is 0.330. The van der Waals surface area contributed by atoms with Crippen LogP contribution in [0.1, 0.15) is 4.88 Å². The predicted octanol–water partition coefficient (Wildman–Crippen LogP) is 0.563. The van der Waals surface area contributed by atoms with Gasteiger partial charge >= 0.3 is 0 Å². The maximum absolute atomic E-state index is 5.65. The summed E-state index contributed by atoms with van der Waals surface area (Å²) >= 11 is 1.69. The molecule has 2 rings (SSSR count). The molecule has 0 bridgehead atoms. The number of morpholine rings is 1. The second-order valence-electron chi connectivity index (χ2n) is 3.85. The fourth-order valence-corrected chi connectivity index (χ4v) is 2.24. The molecule has 1 aliphatic heterocycles. The minimum absolute atomic E-state index is 0.330. The van der Waals surface area contributed by atoms with E-state index in [0.29, 0.717) is 6.10 Å². The molecule has 1 aromatic heterocycles. The predicted molar refractivity (Wildman–Crippen MR) is 61.1 cm³/mol. The van der Waals surface area contributed by atoms with Crippen LogP contribution >= 0.6 is 11.3 Å². The second kappa shape index (κ2) is 5.55. The highest BCUT2D eigenvalue weighted by molar-refractivity contribution is 7.09. The summed E-state index contributed by atoms with van der Waals surface area (Å²) in [4.78, 5) is 7.62. The Bertz CT molecular complexity index is 278. The van der Waals surface area contributed by atoms with E-state index in [2.05, 4.69) is 22.2 Å². The Hall–Kier alpha value is -0.490. The number of rotatable bonds is 4. The molecule has 15 heavy (non-hydrogen) atoms. The molecule has 1 atom stereocenters. The lowest BCUT2D eigenvalue weighted by Gasteiger charge is -2.30. The molecule has 0 saturated carbocycles. The zero-order valence-electron chi connectivity index (χ0n) is 8.98. The van der Waals surface area contributed by atoms with E-state index in [1.807, 2.05) is 11.7 Å². The summed E-state index contributed by atoms with van der Waals surface area (Å²) in [6.07, 6.45) is 2.24. The van der Waals surface area contributed by atoms with Crippen molar-refractivity contribution in [2.24, 2.45) is 0 Å². The molecular formula is C10H17N3OS. The van der Waals surface area contributed by atoms with Crippen molar-refractivity contribution in [3.8, 4) is 0 Å². The lowest BCUT2D eigenvalue weighted by molar-refractivity contribution is -0.0181. The van der Waals surface area contributed by atoms with Gasteiger partial charge in [0.05, 0.1) is 18.2 Å². The van der Waals surface area contributed by atoms with Crippen molar-refractivity contribution in [3.05, 3.63) is 16.6 Å². The van der Waals surface area contributed by atoms with E-state index in [0.717, 1.165) is 32.8 Å². The van der Waals surface area contributed by atoms with Gasteiger partial charge in [0.15, 0.2) is 0 Å². The number of thiazole rings is 1. The van der Waals surface area contributed by atoms with Crippen LogP contribution in [0.3, 0.4) is 0 Å². The molecule has 1 N–H and O–H groups in total. The lowest BCUT2D eigenvalue weighted by Crippen LogP contribution is -2.44. The van der Waals surface area contributed by atoms with Gasteiger partial charge < -0.3 is 15.0 Å². The quantitative estimate of drug-likeness (QED) is 0.816. The molecule has 0 aliphatic carbocycles. The van der Waals surface area contributed by atoms with Gasteiger partial charge in [0.25, 0.3) is 0 Å². The topological polar surface area (TPSA) is 37.4 Å². The van der Waals surface area contributed by atoms with Crippen LogP contribution in [0.4, 0.5) is 0 Å². The summed E-state index contributed by atoms with van der Waals surface area (Å²) in [6.45, 7) is 4.74. The Labute approximate surface area is 94.3 Å². The number of likely N-dealkylation sites (N-methyl/N-ethyl adjacent to an activating group) is 1. The Balaban J connectivity index is 1.65. The summed E-state index contributed by atoms with van der Waals surface area (Å²) in [6, 6.07) is 0. The Morgan fingerprint density at radius 2 is 2.67 bits per heavy atom. The summed E-state index contributed by atoms with van der Waals surface area (Å²) in [5, 5.41) is 3.40. The molecule has 5 heteroatoms. The molecule has 1 aliphatic rings. The number of hydrogen-bond acceptors (Lipinski definition) is 5. The summed E-state index contributed by atoms with van der Waals surface area (Å²) < 4.78 is 5.65. The maximum Gasteiger partial charge on any atom is 0.0826 e. The van der Waals surface area contributed by atoms with Crippen molar-refractivity contribution in [2.75, 3.05) is 33.3 Å². The number of nitrogens with one attached hydrogen (secondary N) is 1. The van der Waals surface area contributed by atoms with E-state index in [4.69, 9.17) is 4.74 Å². The molecule has 1 fully saturated rings. The van der Waals surface area contributed by atoms with Crippen LogP contribution in [-0.2, 0) is 11.3 Å². The standard InChI is InChI=1S/C10H17N3OS/c1-13-2-3-14-9(7-13)4-11-5-10-6-12-8-15-10/h6,8-9,11H,2-5,7H2,1H3. The highest BCUT2D eigenvalue weighted by Gasteiger charge is 2.16. The summed E-state index contributed by atoms with van der Waals surface area (Å²) in [5.74, 6) is 0. The molecule has 0 radical (unpaired) electrons. The molecule has 1 aromatic rings. The first-order chi connectivity index (χ1) is 7.34. The van der Waals surface area contributed by atoms with Crippen LogP contribution in [0.5, 0.6) is 0 Å². The molecule has 1 unspecified atom stereocenters. The van der Waals surface area contributed by atoms with Gasteiger partial charge in [0.1, 0.15) is 0 Å². The Morgan fingerprint density at radius 1 is 1.73 bits per heavy atom. The number of aromatic nitrogens is 1. The van der Waals surface area contributed by atoms with Gasteiger partial charge in [-0.1, -0.05) is 0 Å². The third kappa shape index (κ3) is 3.53. The SMILES string of the molecule is CN1CCOC(CNCc2cncs2)C1. The maximum atomic E-state index is 5.65. The molecule has 0 amide bonds. The van der Waals surface area contributed by atoms with Crippen LogP contribution in [0, 0.1) is 0 Å². The molecule has 1 saturated heterocycles. The van der Waals surface area contributed by atoms with Gasteiger partial charge in [-0.15, -0.1) is 11.3 Å². The van der Waals surface area contributed by atoms with E-state index >= 15 is 0 Å². The Morgan fingerprint density at radius 3 is 3.40 bits per heavy atom. The van der Waals surface area contributed by atoms with Crippen molar-refractivity contribution in [3.63, 3.8) is 0 Å². The average molecular weight is 227 g/mol. The van der Waals surface area contributed by atoms with Crippen molar-refractivity contribution >= 4 is 11.3 Å². The lowest BCUT2D eigenvalue weighted by atomic mass is 10.3. The van der Waals surface area contributed by atoms with E-state index in [-0.39, 0.29) is 0 Å². The fourth-order valence-electron chi connectivity index (χ4n) is 1.68. The molecule has 2 heterocycles. The molecule has 0 aromatic carbocycles. The smallest absolute Gasteiger partial charge is 0.0826 e. The van der Waals surface area contributed by atoms with Crippen molar-refractivity contribution in [1.82, 2.24) is 15.2 Å². The molecular weight excluding hydrogens is 210 g/mol. The third-order valence-corrected chi connectivity index (χ3v) is 3.28. The van der Waals surface area contributed by atoms with Crippen LogP contribution in [-0.4, -0.2) is 49.3 Å². The molecule has 84 valence electrons. The first kappa shape index (κ1) is 11.0. The van der Waals surface area contributed by atoms with Crippen LogP contribution in [0.2, 0.25) is 0 Å². The first-order valence-corrected chi connectivity index (χ1v) is 6.11. The zero-order valence-corrected chi connectivity index (χ0v) is 9.80. The average Bonchev–Trinajstić information content (AvgIpc) is 2.71. The summed E-state index contributed by atoms with van der Waals surface area (Å²) in [7, 11) is 2.14. The fraction of sp³-hybridized carbons (Fsp3) is 0.700. The van der Waals surface area contributed by atoms with Gasteiger partial charge in [-0.25, -0.2) is 0 Å². The van der Waals surface area contributed by atoms with E-state index in [9.17, 15) is 0 Å². The molecule has 0 spiro atoms. The first-order valence-electron chi connectivity index (χ1n) is 5.23. The van der Waals surface area contributed by atoms with Gasteiger partial charge in [-0.05, 0) is 7.05 Å². The number of hydrogen-bond donors (Lipinski definition) is 1. The second-order valence-corrected chi connectivity index (χ2v) is 4.82. The van der Waals surface area contributed by atoms with Crippen LogP contribution < -0.4 is 5.32 Å². The van der Waals surface area contributed by atoms with E-state index in [1.54, 1.807) is 11.3 Å².